The quantitative estimate of drug-likeness (QED) is 0.123. The Kier molecular flexibility index (Phi) is 9.34. The first-order valence-corrected chi connectivity index (χ1v) is 23.6. The summed E-state index contributed by atoms with van der Waals surface area (Å²) in [6.45, 7) is 6.73. The second-order valence-electron chi connectivity index (χ2n) is 18.9. The van der Waals surface area contributed by atoms with Crippen LogP contribution in [0, 0.1) is 6.33 Å². The maximum atomic E-state index is 7.19. The van der Waals surface area contributed by atoms with Crippen LogP contribution in [0.3, 0.4) is 0 Å². The average molecular weight is 887 g/mol. The molecule has 0 amide bonds. The summed E-state index contributed by atoms with van der Waals surface area (Å²) in [5.41, 5.74) is 18.7. The number of para-hydroxylation sites is 3. The zero-order chi connectivity index (χ0) is 46.2. The number of imidazole rings is 1. The van der Waals surface area contributed by atoms with Crippen molar-refractivity contribution in [1.29, 1.82) is 0 Å². The first-order valence-electron chi connectivity index (χ1n) is 23.6. The Bertz CT molecular complexity index is 3970. The summed E-state index contributed by atoms with van der Waals surface area (Å²) in [5, 5.41) is 2.29. The van der Waals surface area contributed by atoms with Gasteiger partial charge in [-0.05, 0) is 104 Å². The second kappa shape index (κ2) is 15.9. The van der Waals surface area contributed by atoms with Gasteiger partial charge in [-0.25, -0.2) is 4.98 Å². The molecule has 0 N–H and O–H groups in total. The Balaban J connectivity index is 1.02. The van der Waals surface area contributed by atoms with Crippen molar-refractivity contribution >= 4 is 32.8 Å². The van der Waals surface area contributed by atoms with Crippen LogP contribution in [-0.2, 0) is 5.41 Å². The van der Waals surface area contributed by atoms with Crippen molar-refractivity contribution in [1.82, 2.24) is 14.1 Å². The van der Waals surface area contributed by atoms with Crippen LogP contribution in [0.2, 0.25) is 0 Å². The Morgan fingerprint density at radius 2 is 1.04 bits per heavy atom. The van der Waals surface area contributed by atoms with Gasteiger partial charge >= 0.3 is 0 Å². The molecule has 1 aliphatic heterocycles. The highest BCUT2D eigenvalue weighted by Crippen LogP contribution is 2.46. The van der Waals surface area contributed by atoms with Crippen molar-refractivity contribution in [3.63, 3.8) is 0 Å². The second-order valence-corrected chi connectivity index (χ2v) is 18.9. The van der Waals surface area contributed by atoms with Gasteiger partial charge in [0.15, 0.2) is 0 Å². The largest absolute Gasteiger partial charge is 0.457 e. The monoisotopic (exact) mass is 886 g/mol. The highest BCUT2D eigenvalue weighted by molar-refractivity contribution is 6.11. The summed E-state index contributed by atoms with van der Waals surface area (Å²) in [6.07, 6.45) is 5.87. The molecule has 12 aromatic rings. The molecule has 13 rings (SSSR count). The molecule has 4 heterocycles. The molecule has 0 radical (unpaired) electrons. The van der Waals surface area contributed by atoms with Crippen molar-refractivity contribution in [2.45, 2.75) is 26.2 Å². The topological polar surface area (TPSA) is 35.9 Å². The minimum absolute atomic E-state index is 0.0431. The minimum Gasteiger partial charge on any atom is -0.457 e. The number of hydrogen-bond donors (Lipinski definition) is 0. The summed E-state index contributed by atoms with van der Waals surface area (Å²) in [5.74, 6) is 2.34. The van der Waals surface area contributed by atoms with E-state index in [1.807, 2.05) is 12.3 Å². The maximum absolute atomic E-state index is 7.19. The van der Waals surface area contributed by atoms with Crippen molar-refractivity contribution in [3.05, 3.63) is 236 Å². The normalized spacial score (nSPS) is 12.0. The minimum atomic E-state index is -0.0431. The van der Waals surface area contributed by atoms with Gasteiger partial charge in [0.2, 0.25) is 0 Å². The van der Waals surface area contributed by atoms with Gasteiger partial charge in [-0.15, -0.1) is 0 Å². The summed E-state index contributed by atoms with van der Waals surface area (Å²) in [4.78, 5) is 4.97. The van der Waals surface area contributed by atoms with E-state index in [-0.39, 0.29) is 5.41 Å². The van der Waals surface area contributed by atoms with Crippen LogP contribution in [0.15, 0.2) is 225 Å². The fourth-order valence-corrected chi connectivity index (χ4v) is 10.5. The van der Waals surface area contributed by atoms with Crippen LogP contribution in [0.1, 0.15) is 26.3 Å². The van der Waals surface area contributed by atoms with Gasteiger partial charge in [0, 0.05) is 28.6 Å². The molecule has 0 fully saturated rings. The molecule has 328 valence electrons. The lowest BCUT2D eigenvalue weighted by molar-refractivity contribution is -0.570. The summed E-state index contributed by atoms with van der Waals surface area (Å²) in [7, 11) is 0. The maximum Gasteiger partial charge on any atom is 0.269 e. The molecule has 0 saturated carbocycles. The SMILES string of the molecule is CC(C)(C)c1ccnc(-n2c3ccccc3c3cc(-c4ccccc4)c(Oc4cccc(-n5[c-][n+]6c7c(cccc75)-c5ccccc5-c5ccccc5-c5cccc(-c7ccccc7)c5-6)c4)cc32)c1. The van der Waals surface area contributed by atoms with E-state index in [1.165, 1.54) is 27.8 Å². The summed E-state index contributed by atoms with van der Waals surface area (Å²) < 4.78 is 14.0. The van der Waals surface area contributed by atoms with Crippen molar-refractivity contribution in [2.75, 3.05) is 0 Å². The Labute approximate surface area is 401 Å². The molecule has 69 heavy (non-hydrogen) atoms. The lowest BCUT2D eigenvalue weighted by Gasteiger charge is -2.20. The number of hydrogen-bond acceptors (Lipinski definition) is 2. The smallest absolute Gasteiger partial charge is 0.269 e. The van der Waals surface area contributed by atoms with Gasteiger partial charge in [-0.3, -0.25) is 13.7 Å². The Morgan fingerprint density at radius 1 is 0.464 bits per heavy atom. The van der Waals surface area contributed by atoms with Crippen LogP contribution in [-0.4, -0.2) is 14.1 Å². The van der Waals surface area contributed by atoms with Gasteiger partial charge < -0.3 is 4.74 Å². The van der Waals surface area contributed by atoms with Crippen LogP contribution in [0.5, 0.6) is 11.5 Å². The van der Waals surface area contributed by atoms with E-state index in [0.29, 0.717) is 5.75 Å². The molecule has 9 aromatic carbocycles. The molecular weight excluding hydrogens is 841 g/mol. The van der Waals surface area contributed by atoms with Crippen LogP contribution < -0.4 is 9.30 Å². The van der Waals surface area contributed by atoms with E-state index in [9.17, 15) is 0 Å². The predicted molar refractivity (Wildman–Crippen MR) is 282 cm³/mol. The number of nitrogens with zero attached hydrogens (tertiary/aromatic N) is 4. The number of benzene rings is 9. The number of aromatic nitrogens is 4. The zero-order valence-corrected chi connectivity index (χ0v) is 38.6. The van der Waals surface area contributed by atoms with Gasteiger partial charge in [-0.2, -0.15) is 0 Å². The first kappa shape index (κ1) is 40.5. The van der Waals surface area contributed by atoms with E-state index >= 15 is 0 Å². The molecule has 0 aliphatic carbocycles. The lowest BCUT2D eigenvalue weighted by Crippen LogP contribution is -2.32. The fraction of sp³-hybridized carbons (Fsp3) is 0.0625. The molecule has 5 nitrogen and oxygen atoms in total. The standard InChI is InChI=1S/C64H46N4O/c1-64(2,3)44-35-36-65-61(37-44)68-57-33-15-14-29-52(57)56-39-55(43-21-8-5-9-22-43)60(40-59(56)68)69-46-24-16-23-45(38-46)66-41-67-62-47(42-19-6-4-7-20-42)30-17-31-53(62)50-27-12-10-25-48(50)49-26-11-13-28-51(49)54-32-18-34-58(66)63(54)67/h4-40H,1-3H3. The van der Waals surface area contributed by atoms with Crippen molar-refractivity contribution in [3.8, 4) is 84.3 Å². The Morgan fingerprint density at radius 3 is 1.78 bits per heavy atom. The number of fused-ring (bicyclic) bond motifs is 10. The zero-order valence-electron chi connectivity index (χ0n) is 38.6. The van der Waals surface area contributed by atoms with Gasteiger partial charge in [0.25, 0.3) is 6.33 Å². The van der Waals surface area contributed by atoms with Gasteiger partial charge in [0.05, 0.1) is 33.4 Å². The lowest BCUT2D eigenvalue weighted by atomic mass is 9.88. The Hall–Kier alpha value is -8.80. The van der Waals surface area contributed by atoms with Crippen LogP contribution in [0.4, 0.5) is 0 Å². The molecule has 0 saturated heterocycles. The van der Waals surface area contributed by atoms with E-state index in [0.717, 1.165) is 89.2 Å². The molecule has 3 aromatic heterocycles. The number of pyridine rings is 1. The number of rotatable bonds is 6. The number of ether oxygens (including phenoxy) is 1. The highest BCUT2D eigenvalue weighted by Gasteiger charge is 2.27. The van der Waals surface area contributed by atoms with Crippen LogP contribution in [0.25, 0.3) is 106 Å². The summed E-state index contributed by atoms with van der Waals surface area (Å²) in [6, 6.07) is 78.0. The molecule has 1 aliphatic rings. The molecule has 0 spiro atoms. The molecule has 0 unspecified atom stereocenters. The third-order valence-corrected chi connectivity index (χ3v) is 13.8. The molecule has 0 bridgehead atoms. The molecular formula is C64H46N4O. The van der Waals surface area contributed by atoms with Crippen molar-refractivity contribution < 1.29 is 9.30 Å². The fourth-order valence-electron chi connectivity index (χ4n) is 10.5. The van der Waals surface area contributed by atoms with E-state index in [1.54, 1.807) is 0 Å². The third-order valence-electron chi connectivity index (χ3n) is 13.8. The van der Waals surface area contributed by atoms with E-state index in [4.69, 9.17) is 9.72 Å². The first-order chi connectivity index (χ1) is 33.9. The highest BCUT2D eigenvalue weighted by atomic mass is 16.5. The van der Waals surface area contributed by atoms with Gasteiger partial charge in [0.1, 0.15) is 17.3 Å². The van der Waals surface area contributed by atoms with Crippen LogP contribution >= 0.6 is 0 Å². The average Bonchev–Trinajstić information content (AvgIpc) is 3.95. The third kappa shape index (κ3) is 6.69. The molecule has 0 atom stereocenters. The van der Waals surface area contributed by atoms with E-state index < -0.39 is 0 Å². The van der Waals surface area contributed by atoms with Gasteiger partial charge in [-0.1, -0.05) is 191 Å². The molecule has 5 heteroatoms. The summed E-state index contributed by atoms with van der Waals surface area (Å²) >= 11 is 0. The van der Waals surface area contributed by atoms with E-state index in [2.05, 4.69) is 253 Å². The van der Waals surface area contributed by atoms with Crippen molar-refractivity contribution in [2.24, 2.45) is 0 Å². The predicted octanol–water partition coefficient (Wildman–Crippen LogP) is 15.9.